The van der Waals surface area contributed by atoms with Crippen molar-refractivity contribution in [3.63, 3.8) is 0 Å². The van der Waals surface area contributed by atoms with Gasteiger partial charge in [-0.25, -0.2) is 0 Å². The van der Waals surface area contributed by atoms with Crippen LogP contribution in [0.25, 0.3) is 0 Å². The number of aromatic nitrogens is 1. The first kappa shape index (κ1) is 13.0. The van der Waals surface area contributed by atoms with Gasteiger partial charge in [0.25, 0.3) is 0 Å². The van der Waals surface area contributed by atoms with E-state index in [1.165, 1.54) is 17.8 Å². The molecular formula is C11H18BrNOS. The Morgan fingerprint density at radius 1 is 1.40 bits per heavy atom. The minimum atomic E-state index is 0.191. The minimum absolute atomic E-state index is 0.191. The predicted octanol–water partition coefficient (Wildman–Crippen LogP) is 3.34. The highest BCUT2D eigenvalue weighted by Crippen LogP contribution is 2.14. The van der Waals surface area contributed by atoms with Crippen LogP contribution in [0.2, 0.25) is 0 Å². The number of aryl methyl sites for hydroxylation is 1. The van der Waals surface area contributed by atoms with Gasteiger partial charge in [-0.15, -0.1) is 0 Å². The normalized spacial score (nSPS) is 13.1. The van der Waals surface area contributed by atoms with Gasteiger partial charge in [-0.05, 0) is 32.6 Å². The monoisotopic (exact) mass is 291 g/mol. The Morgan fingerprint density at radius 3 is 2.53 bits per heavy atom. The highest BCUT2D eigenvalue weighted by atomic mass is 79.9. The molecule has 0 aromatic carbocycles. The number of thiazole rings is 1. The van der Waals surface area contributed by atoms with Gasteiger partial charge in [-0.1, -0.05) is 34.2 Å². The molecule has 0 saturated heterocycles. The second-order valence-electron chi connectivity index (χ2n) is 4.03. The number of halogens is 1. The smallest absolute Gasteiger partial charge is 0.303 e. The van der Waals surface area contributed by atoms with Crippen molar-refractivity contribution < 1.29 is 0 Å². The molecular weight excluding hydrogens is 274 g/mol. The molecule has 0 N–H and O–H groups in total. The summed E-state index contributed by atoms with van der Waals surface area (Å²) in [6.45, 7) is 7.15. The second-order valence-corrected chi connectivity index (χ2v) is 5.99. The summed E-state index contributed by atoms with van der Waals surface area (Å²) in [6.07, 6.45) is 2.26. The van der Waals surface area contributed by atoms with Gasteiger partial charge in [-0.3, -0.25) is 4.79 Å². The number of hydrogen-bond donors (Lipinski definition) is 0. The van der Waals surface area contributed by atoms with Crippen molar-refractivity contribution in [3.8, 4) is 0 Å². The van der Waals surface area contributed by atoms with Crippen molar-refractivity contribution in [1.82, 2.24) is 4.57 Å². The molecule has 0 spiro atoms. The molecule has 0 fully saturated rings. The van der Waals surface area contributed by atoms with E-state index in [1.807, 2.05) is 18.4 Å². The molecule has 0 saturated carbocycles. The van der Waals surface area contributed by atoms with Gasteiger partial charge in [0.1, 0.15) is 0 Å². The standard InChI is InChI=1S/C11H18BrNOS/c1-8(4-6-12)5-7-13-9(2)10(3)15-11(13)14/h8H,4-7H2,1-3H3. The van der Waals surface area contributed by atoms with Crippen LogP contribution in [0.1, 0.15) is 30.3 Å². The van der Waals surface area contributed by atoms with E-state index in [1.54, 1.807) is 0 Å². The molecule has 0 aliphatic heterocycles. The Balaban J connectivity index is 2.61. The van der Waals surface area contributed by atoms with E-state index in [0.29, 0.717) is 5.92 Å². The van der Waals surface area contributed by atoms with Gasteiger partial charge in [0.2, 0.25) is 0 Å². The number of alkyl halides is 1. The molecule has 1 aromatic heterocycles. The maximum atomic E-state index is 11.6. The summed E-state index contributed by atoms with van der Waals surface area (Å²) < 4.78 is 1.91. The fraction of sp³-hybridized carbons (Fsp3) is 0.727. The Hall–Kier alpha value is -0.0900. The van der Waals surface area contributed by atoms with Gasteiger partial charge in [0, 0.05) is 22.4 Å². The first-order valence-corrected chi connectivity index (χ1v) is 7.22. The van der Waals surface area contributed by atoms with Crippen LogP contribution in [-0.4, -0.2) is 9.90 Å². The Morgan fingerprint density at radius 2 is 2.07 bits per heavy atom. The van der Waals surface area contributed by atoms with Gasteiger partial charge in [-0.2, -0.15) is 0 Å². The minimum Gasteiger partial charge on any atom is -0.303 e. The highest BCUT2D eigenvalue weighted by molar-refractivity contribution is 9.09. The summed E-state index contributed by atoms with van der Waals surface area (Å²) in [7, 11) is 0. The first-order chi connectivity index (χ1) is 7.06. The van der Waals surface area contributed by atoms with Crippen LogP contribution in [0.15, 0.2) is 4.79 Å². The summed E-state index contributed by atoms with van der Waals surface area (Å²) in [5.74, 6) is 0.677. The SMILES string of the molecule is Cc1sc(=O)n(CCC(C)CCBr)c1C. The lowest BCUT2D eigenvalue weighted by Crippen LogP contribution is -2.16. The van der Waals surface area contributed by atoms with E-state index in [4.69, 9.17) is 0 Å². The van der Waals surface area contributed by atoms with Crippen molar-refractivity contribution in [2.75, 3.05) is 5.33 Å². The quantitative estimate of drug-likeness (QED) is 0.763. The van der Waals surface area contributed by atoms with Gasteiger partial charge >= 0.3 is 4.87 Å². The molecule has 0 aliphatic rings. The summed E-state index contributed by atoms with van der Waals surface area (Å²) >= 11 is 4.80. The highest BCUT2D eigenvalue weighted by Gasteiger charge is 2.08. The lowest BCUT2D eigenvalue weighted by atomic mass is 10.1. The van der Waals surface area contributed by atoms with E-state index in [0.717, 1.165) is 28.9 Å². The largest absolute Gasteiger partial charge is 0.307 e. The maximum Gasteiger partial charge on any atom is 0.307 e. The number of hydrogen-bond acceptors (Lipinski definition) is 2. The average Bonchev–Trinajstić information content (AvgIpc) is 2.40. The molecule has 0 bridgehead atoms. The van der Waals surface area contributed by atoms with Crippen molar-refractivity contribution in [1.29, 1.82) is 0 Å². The van der Waals surface area contributed by atoms with Crippen molar-refractivity contribution >= 4 is 27.3 Å². The Labute approximate surface area is 103 Å². The van der Waals surface area contributed by atoms with Crippen molar-refractivity contribution in [3.05, 3.63) is 20.2 Å². The third-order valence-electron chi connectivity index (χ3n) is 2.82. The number of rotatable bonds is 5. The van der Waals surface area contributed by atoms with E-state index in [9.17, 15) is 4.79 Å². The van der Waals surface area contributed by atoms with Crippen LogP contribution in [0, 0.1) is 19.8 Å². The molecule has 2 nitrogen and oxygen atoms in total. The second kappa shape index (κ2) is 5.85. The molecule has 1 heterocycles. The van der Waals surface area contributed by atoms with Crippen molar-refractivity contribution in [2.45, 2.75) is 40.2 Å². The third kappa shape index (κ3) is 3.45. The predicted molar refractivity (Wildman–Crippen MR) is 70.2 cm³/mol. The Kier molecular flexibility index (Phi) is 5.06. The van der Waals surface area contributed by atoms with Gasteiger partial charge in [0.15, 0.2) is 0 Å². The summed E-state index contributed by atoms with van der Waals surface area (Å²) in [5, 5.41) is 1.05. The zero-order valence-electron chi connectivity index (χ0n) is 9.55. The molecule has 1 rings (SSSR count). The van der Waals surface area contributed by atoms with E-state index < -0.39 is 0 Å². The third-order valence-corrected chi connectivity index (χ3v) is 4.28. The number of nitrogens with zero attached hydrogens (tertiary/aromatic N) is 1. The fourth-order valence-electron chi connectivity index (χ4n) is 1.53. The lowest BCUT2D eigenvalue weighted by molar-refractivity contribution is 0.465. The molecule has 1 atom stereocenters. The summed E-state index contributed by atoms with van der Waals surface area (Å²) in [5.41, 5.74) is 1.14. The van der Waals surface area contributed by atoms with Gasteiger partial charge < -0.3 is 4.57 Å². The van der Waals surface area contributed by atoms with Crippen LogP contribution in [0.4, 0.5) is 0 Å². The molecule has 15 heavy (non-hydrogen) atoms. The fourth-order valence-corrected chi connectivity index (χ4v) is 3.17. The topological polar surface area (TPSA) is 22.0 Å². The summed E-state index contributed by atoms with van der Waals surface area (Å²) in [6, 6.07) is 0. The zero-order valence-corrected chi connectivity index (χ0v) is 11.9. The van der Waals surface area contributed by atoms with Crippen LogP contribution < -0.4 is 4.87 Å². The molecule has 1 unspecified atom stereocenters. The Bertz CT molecular complexity index is 369. The van der Waals surface area contributed by atoms with E-state index in [2.05, 4.69) is 22.9 Å². The van der Waals surface area contributed by atoms with E-state index in [-0.39, 0.29) is 4.87 Å². The van der Waals surface area contributed by atoms with E-state index >= 15 is 0 Å². The zero-order chi connectivity index (χ0) is 11.4. The summed E-state index contributed by atoms with van der Waals surface area (Å²) in [4.78, 5) is 12.9. The van der Waals surface area contributed by atoms with Crippen LogP contribution in [-0.2, 0) is 6.54 Å². The molecule has 4 heteroatoms. The lowest BCUT2D eigenvalue weighted by Gasteiger charge is -2.10. The van der Waals surface area contributed by atoms with Crippen LogP contribution in [0.3, 0.4) is 0 Å². The van der Waals surface area contributed by atoms with Crippen molar-refractivity contribution in [2.24, 2.45) is 5.92 Å². The average molecular weight is 292 g/mol. The van der Waals surface area contributed by atoms with Crippen LogP contribution >= 0.6 is 27.3 Å². The maximum absolute atomic E-state index is 11.6. The molecule has 0 amide bonds. The van der Waals surface area contributed by atoms with Crippen LogP contribution in [0.5, 0.6) is 0 Å². The van der Waals surface area contributed by atoms with Gasteiger partial charge in [0.05, 0.1) is 0 Å². The molecule has 1 aromatic rings. The molecule has 0 radical (unpaired) electrons. The first-order valence-electron chi connectivity index (χ1n) is 5.29. The molecule has 86 valence electrons. The molecule has 0 aliphatic carbocycles.